The van der Waals surface area contributed by atoms with Crippen LogP contribution in [-0.2, 0) is 20.1 Å². The van der Waals surface area contributed by atoms with Gasteiger partial charge in [0, 0.05) is 5.56 Å². The number of halogens is 3. The highest BCUT2D eigenvalue weighted by molar-refractivity contribution is 7.92. The summed E-state index contributed by atoms with van der Waals surface area (Å²) in [6.45, 7) is 6.70. The van der Waals surface area contributed by atoms with Crippen LogP contribution in [0.15, 0.2) is 47.5 Å². The van der Waals surface area contributed by atoms with E-state index in [0.29, 0.717) is 22.4 Å². The molecule has 37 heavy (non-hydrogen) atoms. The zero-order valence-corrected chi connectivity index (χ0v) is 21.2. The number of alkyl halides is 3. The summed E-state index contributed by atoms with van der Waals surface area (Å²) >= 11 is 0. The Morgan fingerprint density at radius 2 is 1.73 bits per heavy atom. The molecule has 0 saturated carbocycles. The first-order chi connectivity index (χ1) is 17.0. The van der Waals surface area contributed by atoms with Gasteiger partial charge in [0.15, 0.2) is 5.69 Å². The highest BCUT2D eigenvalue weighted by Crippen LogP contribution is 2.36. The number of carbonyl (C=O) groups is 2. The molecule has 0 unspecified atom stereocenters. The van der Waals surface area contributed by atoms with Crippen molar-refractivity contribution in [1.29, 1.82) is 0 Å². The van der Waals surface area contributed by atoms with Crippen LogP contribution >= 0.6 is 0 Å². The van der Waals surface area contributed by atoms with E-state index in [2.05, 4.69) is 10.3 Å². The van der Waals surface area contributed by atoms with E-state index in [1.54, 1.807) is 33.8 Å². The third-order valence-corrected chi connectivity index (χ3v) is 6.86. The van der Waals surface area contributed by atoms with Crippen LogP contribution in [0.1, 0.15) is 52.7 Å². The third kappa shape index (κ3) is 5.49. The number of hydrogen-bond donors (Lipinski definition) is 1. The summed E-state index contributed by atoms with van der Waals surface area (Å²) in [6, 6.07) is 7.32. The first-order valence-electron chi connectivity index (χ1n) is 10.6. The normalized spacial score (nSPS) is 12.4. The largest absolute Gasteiger partial charge is 0.501 e. The maximum absolute atomic E-state index is 13.4. The Morgan fingerprint density at radius 1 is 1.08 bits per heavy atom. The fourth-order valence-corrected chi connectivity index (χ4v) is 4.14. The summed E-state index contributed by atoms with van der Waals surface area (Å²) in [7, 11) is -4.62. The molecular weight excluding hydrogens is 517 g/mol. The molecule has 0 spiro atoms. The molecule has 3 rings (SSSR count). The monoisotopic (exact) mass is 540 g/mol. The van der Waals surface area contributed by atoms with Crippen molar-refractivity contribution in [2.45, 2.75) is 43.5 Å². The molecule has 1 amide bonds. The number of carboxylic acid groups (broad SMARTS) is 1. The van der Waals surface area contributed by atoms with E-state index in [4.69, 9.17) is 9.94 Å². The molecule has 198 valence electrons. The first-order valence-corrected chi connectivity index (χ1v) is 12.1. The van der Waals surface area contributed by atoms with Crippen molar-refractivity contribution < 1.29 is 41.1 Å². The minimum absolute atomic E-state index is 0.00350. The van der Waals surface area contributed by atoms with Crippen LogP contribution in [0.4, 0.5) is 18.9 Å². The number of sulfone groups is 1. The van der Waals surface area contributed by atoms with Crippen LogP contribution in [0.3, 0.4) is 0 Å². The SMILES string of the molecule is CON(C(=O)c1ccc(C)c(-n2cc(C(=O)O)nn2)c1)c1cc(C(C)(C)C)cc(S(=O)(=O)C(F)(F)F)c1. The summed E-state index contributed by atoms with van der Waals surface area (Å²) in [5.74, 6) is -2.13. The van der Waals surface area contributed by atoms with Gasteiger partial charge >= 0.3 is 11.5 Å². The summed E-state index contributed by atoms with van der Waals surface area (Å²) in [4.78, 5) is 28.7. The molecule has 1 heterocycles. The Hall–Kier alpha value is -3.78. The van der Waals surface area contributed by atoms with Crippen LogP contribution in [0.5, 0.6) is 0 Å². The summed E-state index contributed by atoms with van der Waals surface area (Å²) in [6.07, 6.45) is 1.15. The second-order valence-electron chi connectivity index (χ2n) is 9.05. The second kappa shape index (κ2) is 9.59. The van der Waals surface area contributed by atoms with Crippen LogP contribution in [0.25, 0.3) is 5.69 Å². The van der Waals surface area contributed by atoms with Gasteiger partial charge in [0.1, 0.15) is 0 Å². The number of hydroxylamine groups is 1. The molecule has 0 aliphatic heterocycles. The van der Waals surface area contributed by atoms with Crippen LogP contribution in [-0.4, -0.2) is 53.0 Å². The molecule has 0 radical (unpaired) electrons. The van der Waals surface area contributed by atoms with Gasteiger partial charge in [-0.15, -0.1) is 5.10 Å². The minimum Gasteiger partial charge on any atom is -0.476 e. The van der Waals surface area contributed by atoms with E-state index in [0.717, 1.165) is 24.1 Å². The Bertz CT molecular complexity index is 1480. The van der Waals surface area contributed by atoms with Crippen molar-refractivity contribution >= 4 is 27.4 Å². The number of carbonyl (C=O) groups excluding carboxylic acids is 1. The molecule has 10 nitrogen and oxygen atoms in total. The predicted molar refractivity (Wildman–Crippen MR) is 125 cm³/mol. The number of aromatic carboxylic acids is 1. The van der Waals surface area contributed by atoms with Gasteiger partial charge in [-0.05, 0) is 53.8 Å². The van der Waals surface area contributed by atoms with Crippen molar-refractivity contribution in [3.8, 4) is 5.69 Å². The number of rotatable bonds is 6. The van der Waals surface area contributed by atoms with Gasteiger partial charge < -0.3 is 5.11 Å². The predicted octanol–water partition coefficient (Wildman–Crippen LogP) is 4.07. The van der Waals surface area contributed by atoms with E-state index >= 15 is 0 Å². The number of amides is 1. The molecular formula is C23H23F3N4O6S. The minimum atomic E-state index is -5.73. The van der Waals surface area contributed by atoms with E-state index in [1.165, 1.54) is 18.2 Å². The first kappa shape index (κ1) is 27.8. The maximum atomic E-state index is 13.4. The van der Waals surface area contributed by atoms with Crippen LogP contribution in [0.2, 0.25) is 0 Å². The highest BCUT2D eigenvalue weighted by Gasteiger charge is 2.47. The summed E-state index contributed by atoms with van der Waals surface area (Å²) < 4.78 is 65.5. The molecule has 0 bridgehead atoms. The van der Waals surface area contributed by atoms with Crippen LogP contribution < -0.4 is 5.06 Å². The van der Waals surface area contributed by atoms with Crippen molar-refractivity contribution in [3.05, 3.63) is 65.0 Å². The van der Waals surface area contributed by atoms with Gasteiger partial charge in [0.2, 0.25) is 0 Å². The fourth-order valence-electron chi connectivity index (χ4n) is 3.31. The summed E-state index contributed by atoms with van der Waals surface area (Å²) in [5.41, 5.74) is -5.76. The van der Waals surface area contributed by atoms with Gasteiger partial charge in [-0.25, -0.2) is 17.9 Å². The topological polar surface area (TPSA) is 132 Å². The van der Waals surface area contributed by atoms with Crippen molar-refractivity contribution in [2.75, 3.05) is 12.2 Å². The molecule has 14 heteroatoms. The Balaban J connectivity index is 2.14. The van der Waals surface area contributed by atoms with E-state index < -0.39 is 37.5 Å². The van der Waals surface area contributed by atoms with Crippen molar-refractivity contribution in [1.82, 2.24) is 15.0 Å². The molecule has 2 aromatic carbocycles. The lowest BCUT2D eigenvalue weighted by atomic mass is 9.87. The lowest BCUT2D eigenvalue weighted by Gasteiger charge is -2.25. The van der Waals surface area contributed by atoms with Gasteiger partial charge in [-0.3, -0.25) is 9.63 Å². The average Bonchev–Trinajstić information content (AvgIpc) is 3.29. The number of anilines is 1. The molecule has 3 aromatic rings. The average molecular weight is 541 g/mol. The number of aromatic nitrogens is 3. The van der Waals surface area contributed by atoms with E-state index in [-0.39, 0.29) is 22.5 Å². The molecule has 1 aromatic heterocycles. The number of benzene rings is 2. The Labute approximate surface area is 210 Å². The number of aryl methyl sites for hydroxylation is 1. The second-order valence-corrected chi connectivity index (χ2v) is 11.0. The fraction of sp³-hybridized carbons (Fsp3) is 0.304. The number of carboxylic acids is 1. The van der Waals surface area contributed by atoms with Gasteiger partial charge in [-0.1, -0.05) is 32.1 Å². The molecule has 0 aliphatic rings. The zero-order valence-electron chi connectivity index (χ0n) is 20.4. The van der Waals surface area contributed by atoms with E-state index in [1.807, 2.05) is 0 Å². The van der Waals surface area contributed by atoms with Gasteiger partial charge in [0.25, 0.3) is 15.7 Å². The maximum Gasteiger partial charge on any atom is 0.501 e. The molecule has 0 atom stereocenters. The Morgan fingerprint density at radius 3 is 2.24 bits per heavy atom. The molecule has 0 aliphatic carbocycles. The summed E-state index contributed by atoms with van der Waals surface area (Å²) in [5, 5.41) is 17.0. The van der Waals surface area contributed by atoms with Gasteiger partial charge in [0.05, 0.1) is 29.6 Å². The number of hydrogen-bond acceptors (Lipinski definition) is 7. The standard InChI is InChI=1S/C23H23F3N4O6S/c1-13-6-7-14(8-19(13)29-12-18(21(32)33)27-28-29)20(31)30(36-5)16-9-15(22(2,3)4)10-17(11-16)37(34,35)23(24,25)26/h6-12H,1-5H3,(H,32,33). The zero-order chi connectivity index (χ0) is 27.9. The Kier molecular flexibility index (Phi) is 7.21. The van der Waals surface area contributed by atoms with Crippen molar-refractivity contribution in [2.24, 2.45) is 0 Å². The molecule has 1 N–H and O–H groups in total. The highest BCUT2D eigenvalue weighted by atomic mass is 32.2. The quantitative estimate of drug-likeness (QED) is 0.463. The van der Waals surface area contributed by atoms with E-state index in [9.17, 15) is 31.2 Å². The third-order valence-electron chi connectivity index (χ3n) is 5.39. The smallest absolute Gasteiger partial charge is 0.476 e. The lowest BCUT2D eigenvalue weighted by Crippen LogP contribution is -2.31. The number of nitrogens with zero attached hydrogens (tertiary/aromatic N) is 4. The molecule has 0 saturated heterocycles. The lowest BCUT2D eigenvalue weighted by molar-refractivity contribution is -0.0436. The van der Waals surface area contributed by atoms with Crippen molar-refractivity contribution in [3.63, 3.8) is 0 Å². The van der Waals surface area contributed by atoms with Crippen LogP contribution in [0, 0.1) is 6.92 Å². The van der Waals surface area contributed by atoms with Gasteiger partial charge in [-0.2, -0.15) is 18.2 Å². The molecule has 0 fully saturated rings.